The third-order valence-electron chi connectivity index (χ3n) is 5.17. The lowest BCUT2D eigenvalue weighted by Gasteiger charge is -2.48. The number of rotatable bonds is 3. The SMILES string of the molecule is COc1ccnc(C(=O)N2CCN3[C@@H](COC[C@@H]3c3ccccc3)C2)c1. The third-order valence-corrected chi connectivity index (χ3v) is 5.17. The monoisotopic (exact) mass is 353 g/mol. The average molecular weight is 353 g/mol. The molecule has 0 spiro atoms. The molecule has 26 heavy (non-hydrogen) atoms. The van der Waals surface area contributed by atoms with E-state index in [1.165, 1.54) is 5.56 Å². The van der Waals surface area contributed by atoms with Crippen LogP contribution in [0, 0.1) is 0 Å². The Hall–Kier alpha value is -2.44. The zero-order chi connectivity index (χ0) is 17.9. The van der Waals surface area contributed by atoms with Gasteiger partial charge in [-0.25, -0.2) is 0 Å². The van der Waals surface area contributed by atoms with E-state index in [9.17, 15) is 4.79 Å². The topological polar surface area (TPSA) is 54.9 Å². The molecule has 0 bridgehead atoms. The van der Waals surface area contributed by atoms with Crippen molar-refractivity contribution in [2.75, 3.05) is 40.0 Å². The predicted molar refractivity (Wildman–Crippen MR) is 97.2 cm³/mol. The van der Waals surface area contributed by atoms with Crippen molar-refractivity contribution in [2.45, 2.75) is 12.1 Å². The van der Waals surface area contributed by atoms with Crippen LogP contribution < -0.4 is 4.74 Å². The zero-order valence-corrected chi connectivity index (χ0v) is 14.9. The van der Waals surface area contributed by atoms with Gasteiger partial charge in [-0.3, -0.25) is 14.7 Å². The third kappa shape index (κ3) is 3.30. The smallest absolute Gasteiger partial charge is 0.272 e. The van der Waals surface area contributed by atoms with E-state index in [-0.39, 0.29) is 18.0 Å². The van der Waals surface area contributed by atoms with E-state index in [0.717, 1.165) is 6.54 Å². The first-order valence-electron chi connectivity index (χ1n) is 8.94. The highest BCUT2D eigenvalue weighted by Crippen LogP contribution is 2.30. The van der Waals surface area contributed by atoms with Crippen molar-refractivity contribution >= 4 is 5.91 Å². The Bertz CT molecular complexity index is 768. The van der Waals surface area contributed by atoms with Gasteiger partial charge in [-0.1, -0.05) is 30.3 Å². The van der Waals surface area contributed by atoms with Crippen molar-refractivity contribution in [3.63, 3.8) is 0 Å². The van der Waals surface area contributed by atoms with E-state index in [4.69, 9.17) is 9.47 Å². The number of methoxy groups -OCH3 is 1. The van der Waals surface area contributed by atoms with Crippen LogP contribution in [0.4, 0.5) is 0 Å². The summed E-state index contributed by atoms with van der Waals surface area (Å²) in [7, 11) is 1.59. The van der Waals surface area contributed by atoms with Crippen LogP contribution in [0.5, 0.6) is 5.75 Å². The summed E-state index contributed by atoms with van der Waals surface area (Å²) in [4.78, 5) is 21.4. The van der Waals surface area contributed by atoms with Crippen LogP contribution in [-0.4, -0.2) is 66.7 Å². The summed E-state index contributed by atoms with van der Waals surface area (Å²) in [5, 5.41) is 0. The number of amides is 1. The van der Waals surface area contributed by atoms with Crippen molar-refractivity contribution in [1.82, 2.24) is 14.8 Å². The van der Waals surface area contributed by atoms with Gasteiger partial charge in [-0.15, -0.1) is 0 Å². The summed E-state index contributed by atoms with van der Waals surface area (Å²) < 4.78 is 11.1. The van der Waals surface area contributed by atoms with Gasteiger partial charge in [0.1, 0.15) is 11.4 Å². The maximum absolute atomic E-state index is 12.8. The summed E-state index contributed by atoms with van der Waals surface area (Å²) in [6.45, 7) is 3.53. The molecule has 1 amide bonds. The molecular weight excluding hydrogens is 330 g/mol. The molecular formula is C20H23N3O3. The molecule has 2 aliphatic heterocycles. The minimum atomic E-state index is -0.0506. The number of carbonyl (C=O) groups is 1. The van der Waals surface area contributed by atoms with Crippen LogP contribution in [-0.2, 0) is 4.74 Å². The summed E-state index contributed by atoms with van der Waals surface area (Å²) in [6, 6.07) is 14.3. The van der Waals surface area contributed by atoms with E-state index in [1.54, 1.807) is 25.4 Å². The lowest BCUT2D eigenvalue weighted by molar-refractivity contribution is -0.0770. The molecule has 1 aromatic carbocycles. The molecule has 136 valence electrons. The molecule has 0 aliphatic carbocycles. The Labute approximate surface area is 153 Å². The summed E-state index contributed by atoms with van der Waals surface area (Å²) >= 11 is 0. The Balaban J connectivity index is 1.48. The normalized spacial score (nSPS) is 23.3. The van der Waals surface area contributed by atoms with Gasteiger partial charge in [0.2, 0.25) is 0 Å². The Morgan fingerprint density at radius 3 is 2.85 bits per heavy atom. The lowest BCUT2D eigenvalue weighted by Crippen LogP contribution is -2.60. The van der Waals surface area contributed by atoms with Crippen LogP contribution in [0.1, 0.15) is 22.1 Å². The molecule has 6 nitrogen and oxygen atoms in total. The van der Waals surface area contributed by atoms with Crippen LogP contribution in [0.25, 0.3) is 0 Å². The molecule has 0 N–H and O–H groups in total. The number of carbonyl (C=O) groups excluding carboxylic acids is 1. The highest BCUT2D eigenvalue weighted by atomic mass is 16.5. The van der Waals surface area contributed by atoms with Crippen molar-refractivity contribution in [3.05, 3.63) is 59.9 Å². The zero-order valence-electron chi connectivity index (χ0n) is 14.9. The number of morpholine rings is 1. The molecule has 2 aliphatic rings. The van der Waals surface area contributed by atoms with E-state index in [1.807, 2.05) is 11.0 Å². The molecule has 4 rings (SSSR count). The second-order valence-corrected chi connectivity index (χ2v) is 6.69. The lowest BCUT2D eigenvalue weighted by atomic mass is 10.00. The average Bonchev–Trinajstić information content (AvgIpc) is 2.73. The standard InChI is InChI=1S/C20H23N3O3/c1-25-17-7-8-21-18(11-17)20(24)22-9-10-23-16(12-22)13-26-14-19(23)15-5-3-2-4-6-15/h2-8,11,16,19H,9-10,12-14H2,1H3/t16-,19-/m1/s1. The van der Waals surface area contributed by atoms with Gasteiger partial charge in [0.05, 0.1) is 32.4 Å². The molecule has 2 fully saturated rings. The van der Waals surface area contributed by atoms with Crippen molar-refractivity contribution in [2.24, 2.45) is 0 Å². The number of ether oxygens (including phenoxy) is 2. The van der Waals surface area contributed by atoms with E-state index in [2.05, 4.69) is 34.1 Å². The number of hydrogen-bond donors (Lipinski definition) is 0. The number of piperazine rings is 1. The summed E-state index contributed by atoms with van der Waals surface area (Å²) in [6.07, 6.45) is 1.61. The van der Waals surface area contributed by atoms with Crippen LogP contribution in [0.15, 0.2) is 48.7 Å². The molecule has 3 heterocycles. The highest BCUT2D eigenvalue weighted by Gasteiger charge is 2.37. The minimum absolute atomic E-state index is 0.0506. The molecule has 2 aromatic rings. The fourth-order valence-corrected chi connectivity index (χ4v) is 3.80. The molecule has 2 saturated heterocycles. The largest absolute Gasteiger partial charge is 0.497 e. The Kier molecular flexibility index (Phi) is 4.86. The molecule has 0 radical (unpaired) electrons. The van der Waals surface area contributed by atoms with Crippen LogP contribution in [0.2, 0.25) is 0 Å². The fourth-order valence-electron chi connectivity index (χ4n) is 3.80. The van der Waals surface area contributed by atoms with Crippen molar-refractivity contribution < 1.29 is 14.3 Å². The summed E-state index contributed by atoms with van der Waals surface area (Å²) in [5.41, 5.74) is 1.69. The van der Waals surface area contributed by atoms with Gasteiger partial charge in [0, 0.05) is 31.9 Å². The molecule has 0 saturated carbocycles. The quantitative estimate of drug-likeness (QED) is 0.845. The first-order valence-corrected chi connectivity index (χ1v) is 8.94. The Morgan fingerprint density at radius 1 is 1.19 bits per heavy atom. The number of pyridine rings is 1. The molecule has 0 unspecified atom stereocenters. The molecule has 1 aromatic heterocycles. The van der Waals surface area contributed by atoms with Crippen molar-refractivity contribution in [3.8, 4) is 5.75 Å². The minimum Gasteiger partial charge on any atom is -0.497 e. The first-order chi connectivity index (χ1) is 12.8. The maximum atomic E-state index is 12.8. The van der Waals surface area contributed by atoms with Gasteiger partial charge in [-0.2, -0.15) is 0 Å². The van der Waals surface area contributed by atoms with E-state index < -0.39 is 0 Å². The van der Waals surface area contributed by atoms with Gasteiger partial charge >= 0.3 is 0 Å². The van der Waals surface area contributed by atoms with Crippen LogP contribution >= 0.6 is 0 Å². The van der Waals surface area contributed by atoms with Crippen molar-refractivity contribution in [1.29, 1.82) is 0 Å². The second-order valence-electron chi connectivity index (χ2n) is 6.69. The second kappa shape index (κ2) is 7.43. The number of hydrogen-bond acceptors (Lipinski definition) is 5. The molecule has 2 atom stereocenters. The first kappa shape index (κ1) is 17.0. The van der Waals surface area contributed by atoms with Gasteiger partial charge in [-0.05, 0) is 11.6 Å². The predicted octanol–water partition coefficient (Wildman–Crippen LogP) is 1.99. The number of benzene rings is 1. The highest BCUT2D eigenvalue weighted by molar-refractivity contribution is 5.92. The fraction of sp³-hybridized carbons (Fsp3) is 0.400. The van der Waals surface area contributed by atoms with Gasteiger partial charge in [0.15, 0.2) is 0 Å². The number of aromatic nitrogens is 1. The van der Waals surface area contributed by atoms with Gasteiger partial charge in [0.25, 0.3) is 5.91 Å². The van der Waals surface area contributed by atoms with Crippen LogP contribution in [0.3, 0.4) is 0 Å². The number of fused-ring (bicyclic) bond motifs is 1. The number of nitrogens with zero attached hydrogens (tertiary/aromatic N) is 3. The van der Waals surface area contributed by atoms with E-state index >= 15 is 0 Å². The Morgan fingerprint density at radius 2 is 2.04 bits per heavy atom. The summed E-state index contributed by atoms with van der Waals surface area (Å²) in [5.74, 6) is 0.595. The maximum Gasteiger partial charge on any atom is 0.272 e. The van der Waals surface area contributed by atoms with E-state index in [0.29, 0.717) is 37.7 Å². The van der Waals surface area contributed by atoms with Gasteiger partial charge < -0.3 is 14.4 Å². The molecule has 6 heteroatoms.